The Hall–Kier alpha value is -1.16. The average molecular weight is 520 g/mol. The predicted molar refractivity (Wildman–Crippen MR) is 127 cm³/mol. The van der Waals surface area contributed by atoms with Crippen LogP contribution in [-0.2, 0) is 17.2 Å². The van der Waals surface area contributed by atoms with Gasteiger partial charge < -0.3 is 15.6 Å². The molecule has 3 N–H and O–H groups in total. The van der Waals surface area contributed by atoms with Gasteiger partial charge in [0.15, 0.2) is 5.96 Å². The second-order valence-electron chi connectivity index (χ2n) is 7.05. The van der Waals surface area contributed by atoms with Gasteiger partial charge in [-0.15, -0.1) is 24.0 Å². The molecule has 0 amide bonds. The molecule has 3 atom stereocenters. The van der Waals surface area contributed by atoms with E-state index in [4.69, 9.17) is 0 Å². The van der Waals surface area contributed by atoms with E-state index in [1.54, 1.807) is 7.05 Å². The van der Waals surface area contributed by atoms with Gasteiger partial charge in [0.05, 0.1) is 0 Å². The minimum atomic E-state index is -0.722. The van der Waals surface area contributed by atoms with Crippen molar-refractivity contribution in [3.05, 3.63) is 35.8 Å². The normalized spacial score (nSPS) is 21.2. The van der Waals surface area contributed by atoms with Crippen molar-refractivity contribution in [3.8, 4) is 0 Å². The van der Waals surface area contributed by atoms with E-state index >= 15 is 0 Å². The first-order chi connectivity index (χ1) is 13.1. The van der Waals surface area contributed by atoms with Crippen LogP contribution in [0, 0.1) is 5.82 Å². The summed E-state index contributed by atoms with van der Waals surface area (Å²) in [5.41, 5.74) is 1.98. The highest BCUT2D eigenvalue weighted by Crippen LogP contribution is 2.23. The Labute approximate surface area is 185 Å². The Morgan fingerprint density at radius 3 is 2.96 bits per heavy atom. The number of H-pyrrole nitrogens is 1. The molecule has 0 aliphatic heterocycles. The molecule has 1 heterocycles. The van der Waals surface area contributed by atoms with Gasteiger partial charge in [-0.25, -0.2) is 4.39 Å². The van der Waals surface area contributed by atoms with Crippen molar-refractivity contribution in [2.45, 2.75) is 50.3 Å². The van der Waals surface area contributed by atoms with Gasteiger partial charge in [0.2, 0.25) is 0 Å². The number of guanidine groups is 1. The van der Waals surface area contributed by atoms with Crippen molar-refractivity contribution in [2.24, 2.45) is 4.99 Å². The lowest BCUT2D eigenvalue weighted by atomic mass is 9.95. The molecule has 2 aromatic rings. The number of benzene rings is 1. The van der Waals surface area contributed by atoms with Crippen LogP contribution in [0.15, 0.2) is 29.4 Å². The molecule has 0 spiro atoms. The summed E-state index contributed by atoms with van der Waals surface area (Å²) in [6.45, 7) is 2.73. The summed E-state index contributed by atoms with van der Waals surface area (Å²) in [5, 5.41) is 8.20. The van der Waals surface area contributed by atoms with Crippen LogP contribution in [0.1, 0.15) is 38.2 Å². The number of rotatable bonds is 6. The maximum absolute atomic E-state index is 13.3. The van der Waals surface area contributed by atoms with Gasteiger partial charge in [0, 0.05) is 58.5 Å². The molecule has 156 valence electrons. The Bertz CT molecular complexity index is 826. The number of aliphatic imine (C=N–C) groups is 1. The molecule has 1 saturated carbocycles. The van der Waals surface area contributed by atoms with Crippen molar-refractivity contribution in [1.29, 1.82) is 0 Å². The first kappa shape index (κ1) is 23.1. The maximum Gasteiger partial charge on any atom is 0.191 e. The smallest absolute Gasteiger partial charge is 0.191 e. The standard InChI is InChI=1S/C20H29FN4OS.HI/c1-3-27(26)17-6-4-5-16(12-17)25-20(22-2)23-10-9-14-13-24-19-11-15(21)7-8-18(14)19;/h7-8,11,13,16-17,24H,3-6,9-10,12H2,1-2H3,(H2,22,23,25);1H. The molecule has 0 bridgehead atoms. The number of hydrogen-bond donors (Lipinski definition) is 3. The fourth-order valence-electron chi connectivity index (χ4n) is 3.82. The van der Waals surface area contributed by atoms with Crippen LogP contribution in [0.5, 0.6) is 0 Å². The molecular weight excluding hydrogens is 490 g/mol. The van der Waals surface area contributed by atoms with E-state index in [1.165, 1.54) is 12.1 Å². The lowest BCUT2D eigenvalue weighted by molar-refractivity contribution is 0.413. The van der Waals surface area contributed by atoms with E-state index in [-0.39, 0.29) is 29.8 Å². The van der Waals surface area contributed by atoms with Crippen LogP contribution in [0.2, 0.25) is 0 Å². The lowest BCUT2D eigenvalue weighted by Gasteiger charge is -2.30. The predicted octanol–water partition coefficient (Wildman–Crippen LogP) is 3.71. The zero-order valence-corrected chi connectivity index (χ0v) is 19.6. The fourth-order valence-corrected chi connectivity index (χ4v) is 5.17. The number of aromatic nitrogens is 1. The Morgan fingerprint density at radius 1 is 1.39 bits per heavy atom. The first-order valence-corrected chi connectivity index (χ1v) is 11.1. The molecule has 1 aromatic carbocycles. The summed E-state index contributed by atoms with van der Waals surface area (Å²) in [5.74, 6) is 1.29. The van der Waals surface area contributed by atoms with Crippen molar-refractivity contribution in [1.82, 2.24) is 15.6 Å². The first-order valence-electron chi connectivity index (χ1n) is 9.70. The number of fused-ring (bicyclic) bond motifs is 1. The minimum absolute atomic E-state index is 0. The highest BCUT2D eigenvalue weighted by molar-refractivity contribution is 14.0. The van der Waals surface area contributed by atoms with Gasteiger partial charge >= 0.3 is 0 Å². The molecule has 0 saturated heterocycles. The number of nitrogens with zero attached hydrogens (tertiary/aromatic N) is 1. The van der Waals surface area contributed by atoms with Crippen LogP contribution >= 0.6 is 24.0 Å². The molecule has 1 aromatic heterocycles. The van der Waals surface area contributed by atoms with E-state index in [0.717, 1.165) is 66.8 Å². The van der Waals surface area contributed by atoms with Crippen molar-refractivity contribution in [2.75, 3.05) is 19.3 Å². The van der Waals surface area contributed by atoms with Gasteiger partial charge in [-0.1, -0.05) is 13.3 Å². The monoisotopic (exact) mass is 520 g/mol. The molecule has 0 radical (unpaired) electrons. The molecule has 28 heavy (non-hydrogen) atoms. The SMILES string of the molecule is CCS(=O)C1CCCC(NC(=NC)NCCc2c[nH]c3cc(F)ccc23)C1.I. The van der Waals surface area contributed by atoms with E-state index < -0.39 is 10.8 Å². The minimum Gasteiger partial charge on any atom is -0.361 e. The fraction of sp³-hybridized carbons (Fsp3) is 0.550. The third-order valence-corrected chi connectivity index (χ3v) is 7.00. The highest BCUT2D eigenvalue weighted by atomic mass is 127. The highest BCUT2D eigenvalue weighted by Gasteiger charge is 2.25. The van der Waals surface area contributed by atoms with Gasteiger partial charge in [0.25, 0.3) is 0 Å². The Balaban J connectivity index is 0.00000280. The molecule has 1 aliphatic rings. The molecule has 3 unspecified atom stereocenters. The van der Waals surface area contributed by atoms with E-state index in [2.05, 4.69) is 20.6 Å². The van der Waals surface area contributed by atoms with Gasteiger partial charge in [-0.3, -0.25) is 9.20 Å². The largest absolute Gasteiger partial charge is 0.361 e. The second kappa shape index (κ2) is 11.1. The zero-order valence-electron chi connectivity index (χ0n) is 16.5. The molecular formula is C20H30FIN4OS. The third kappa shape index (κ3) is 5.92. The van der Waals surface area contributed by atoms with E-state index in [9.17, 15) is 8.60 Å². The number of nitrogens with one attached hydrogen (secondary N) is 3. The zero-order chi connectivity index (χ0) is 19.2. The van der Waals surface area contributed by atoms with Crippen LogP contribution < -0.4 is 10.6 Å². The topological polar surface area (TPSA) is 69.3 Å². The number of halogens is 2. The maximum atomic E-state index is 13.3. The van der Waals surface area contributed by atoms with Crippen molar-refractivity contribution in [3.63, 3.8) is 0 Å². The summed E-state index contributed by atoms with van der Waals surface area (Å²) < 4.78 is 25.4. The van der Waals surface area contributed by atoms with E-state index in [1.807, 2.05) is 19.2 Å². The Kier molecular flexibility index (Phi) is 9.20. The summed E-state index contributed by atoms with van der Waals surface area (Å²) in [6.07, 6.45) is 6.96. The van der Waals surface area contributed by atoms with Crippen LogP contribution in [-0.4, -0.2) is 45.8 Å². The molecule has 1 aliphatic carbocycles. The summed E-state index contributed by atoms with van der Waals surface area (Å²) >= 11 is 0. The quantitative estimate of drug-likeness (QED) is 0.309. The van der Waals surface area contributed by atoms with Crippen LogP contribution in [0.4, 0.5) is 4.39 Å². The third-order valence-electron chi connectivity index (χ3n) is 5.26. The number of hydrogen-bond acceptors (Lipinski definition) is 2. The lowest BCUT2D eigenvalue weighted by Crippen LogP contribution is -2.47. The molecule has 3 rings (SSSR count). The van der Waals surface area contributed by atoms with Gasteiger partial charge in [-0.2, -0.15) is 0 Å². The van der Waals surface area contributed by atoms with Crippen LogP contribution in [0.25, 0.3) is 10.9 Å². The number of aromatic amines is 1. The van der Waals surface area contributed by atoms with E-state index in [0.29, 0.717) is 11.3 Å². The van der Waals surface area contributed by atoms with Crippen molar-refractivity contribution >= 4 is 51.6 Å². The van der Waals surface area contributed by atoms with Crippen LogP contribution in [0.3, 0.4) is 0 Å². The summed E-state index contributed by atoms with van der Waals surface area (Å²) in [4.78, 5) is 7.45. The summed E-state index contributed by atoms with van der Waals surface area (Å²) in [7, 11) is 1.05. The Morgan fingerprint density at radius 2 is 2.21 bits per heavy atom. The van der Waals surface area contributed by atoms with Gasteiger partial charge in [-0.05, 0) is 49.4 Å². The molecule has 1 fully saturated rings. The van der Waals surface area contributed by atoms with Crippen molar-refractivity contribution < 1.29 is 8.60 Å². The molecule has 5 nitrogen and oxygen atoms in total. The molecule has 8 heteroatoms. The summed E-state index contributed by atoms with van der Waals surface area (Å²) in [6, 6.07) is 5.15. The average Bonchev–Trinajstić information content (AvgIpc) is 3.08. The second-order valence-corrected chi connectivity index (χ2v) is 9.06. The van der Waals surface area contributed by atoms with Gasteiger partial charge in [0.1, 0.15) is 5.82 Å².